The van der Waals surface area contributed by atoms with E-state index >= 15 is 0 Å². The molecule has 0 aromatic heterocycles. The third-order valence-corrected chi connectivity index (χ3v) is 3.31. The maximum Gasteiger partial charge on any atom is 0.224 e. The molecule has 0 aliphatic rings. The second-order valence-electron chi connectivity index (χ2n) is 4.14. The minimum Gasteiger partial charge on any atom is -0.396 e. The average molecular weight is 289 g/mol. The number of nitrogens with one attached hydrogen (secondary N) is 1. The van der Waals surface area contributed by atoms with Crippen molar-refractivity contribution >= 4 is 17.7 Å². The minimum absolute atomic E-state index is 0.0174. The smallest absolute Gasteiger partial charge is 0.224 e. The van der Waals surface area contributed by atoms with Crippen molar-refractivity contribution in [3.05, 3.63) is 35.4 Å². The normalized spacial score (nSPS) is 12.2. The number of carbonyl (C=O) groups excluding carboxylic acids is 1. The Hall–Kier alpha value is -1.14. The van der Waals surface area contributed by atoms with Gasteiger partial charge in [-0.15, -0.1) is 0 Å². The lowest BCUT2D eigenvalue weighted by atomic mass is 10.1. The number of thioether (sulfide) groups is 1. The molecule has 0 bridgehead atoms. The van der Waals surface area contributed by atoms with E-state index in [1.165, 1.54) is 6.07 Å². The number of halogens is 2. The van der Waals surface area contributed by atoms with Gasteiger partial charge in [-0.1, -0.05) is 6.07 Å². The molecule has 3 nitrogen and oxygen atoms in total. The van der Waals surface area contributed by atoms with E-state index in [0.717, 1.165) is 12.1 Å². The maximum absolute atomic E-state index is 13.4. The van der Waals surface area contributed by atoms with Crippen molar-refractivity contribution < 1.29 is 18.7 Å². The summed E-state index contributed by atoms with van der Waals surface area (Å²) in [6, 6.07) is 3.00. The molecule has 1 aromatic rings. The molecule has 106 valence electrons. The summed E-state index contributed by atoms with van der Waals surface area (Å²) in [5.74, 6) is -1.04. The van der Waals surface area contributed by atoms with Crippen LogP contribution in [0.2, 0.25) is 0 Å². The second-order valence-corrected chi connectivity index (χ2v) is 5.06. The van der Waals surface area contributed by atoms with E-state index in [9.17, 15) is 13.6 Å². The molecule has 0 radical (unpaired) electrons. The summed E-state index contributed by atoms with van der Waals surface area (Å²) >= 11 is 1.55. The predicted molar refractivity (Wildman–Crippen MR) is 72.1 cm³/mol. The van der Waals surface area contributed by atoms with Crippen LogP contribution in [0.25, 0.3) is 0 Å². The fourth-order valence-corrected chi connectivity index (χ4v) is 2.32. The average Bonchev–Trinajstić information content (AvgIpc) is 2.33. The molecule has 0 heterocycles. The number of aliphatic hydroxyl groups excluding tert-OH is 1. The first kappa shape index (κ1) is 15.9. The van der Waals surface area contributed by atoms with E-state index in [0.29, 0.717) is 12.2 Å². The van der Waals surface area contributed by atoms with Crippen LogP contribution in [-0.4, -0.2) is 35.7 Å². The predicted octanol–water partition coefficient (Wildman–Crippen LogP) is 1.74. The van der Waals surface area contributed by atoms with Crippen LogP contribution in [0.3, 0.4) is 0 Å². The van der Waals surface area contributed by atoms with Crippen LogP contribution in [0.5, 0.6) is 0 Å². The van der Waals surface area contributed by atoms with Gasteiger partial charge >= 0.3 is 0 Å². The quantitative estimate of drug-likeness (QED) is 0.804. The molecule has 6 heteroatoms. The maximum atomic E-state index is 13.4. The molecule has 0 aliphatic heterocycles. The highest BCUT2D eigenvalue weighted by Crippen LogP contribution is 2.10. The molecule has 2 N–H and O–H groups in total. The fourth-order valence-electron chi connectivity index (χ4n) is 1.67. The largest absolute Gasteiger partial charge is 0.396 e. The van der Waals surface area contributed by atoms with Crippen molar-refractivity contribution in [2.45, 2.75) is 18.9 Å². The van der Waals surface area contributed by atoms with Crippen LogP contribution >= 0.6 is 11.8 Å². The van der Waals surface area contributed by atoms with Gasteiger partial charge in [-0.3, -0.25) is 4.79 Å². The number of carbonyl (C=O) groups is 1. The van der Waals surface area contributed by atoms with Gasteiger partial charge in [-0.05, 0) is 24.3 Å². The van der Waals surface area contributed by atoms with E-state index < -0.39 is 11.6 Å². The molecule has 0 saturated heterocycles. The highest BCUT2D eigenvalue weighted by molar-refractivity contribution is 7.98. The lowest BCUT2D eigenvalue weighted by Crippen LogP contribution is -2.38. The highest BCUT2D eigenvalue weighted by atomic mass is 32.2. The summed E-state index contributed by atoms with van der Waals surface area (Å²) in [5.41, 5.74) is 0.158. The molecule has 1 aromatic carbocycles. The van der Waals surface area contributed by atoms with Crippen LogP contribution in [0.1, 0.15) is 12.0 Å². The highest BCUT2D eigenvalue weighted by Gasteiger charge is 2.13. The van der Waals surface area contributed by atoms with Crippen LogP contribution < -0.4 is 5.32 Å². The first-order valence-electron chi connectivity index (χ1n) is 5.90. The summed E-state index contributed by atoms with van der Waals surface area (Å²) in [4.78, 5) is 11.7. The van der Waals surface area contributed by atoms with Gasteiger partial charge in [0.2, 0.25) is 5.91 Å². The monoisotopic (exact) mass is 289 g/mol. The van der Waals surface area contributed by atoms with Crippen molar-refractivity contribution in [1.29, 1.82) is 0 Å². The Balaban J connectivity index is 2.58. The SMILES string of the molecule is CSCC(CCO)NC(=O)Cc1ccc(F)cc1F. The summed E-state index contributed by atoms with van der Waals surface area (Å²) in [5, 5.41) is 11.6. The van der Waals surface area contributed by atoms with E-state index in [1.807, 2.05) is 6.26 Å². The lowest BCUT2D eigenvalue weighted by Gasteiger charge is -2.16. The van der Waals surface area contributed by atoms with Gasteiger partial charge in [0.25, 0.3) is 0 Å². The molecule has 1 unspecified atom stereocenters. The number of amides is 1. The summed E-state index contributed by atoms with van der Waals surface area (Å²) < 4.78 is 26.1. The molecule has 0 saturated carbocycles. The molecule has 19 heavy (non-hydrogen) atoms. The van der Waals surface area contributed by atoms with Gasteiger partial charge in [0.05, 0.1) is 6.42 Å². The van der Waals surface area contributed by atoms with Gasteiger partial charge in [-0.2, -0.15) is 11.8 Å². The van der Waals surface area contributed by atoms with Crippen LogP contribution in [0.15, 0.2) is 18.2 Å². The second kappa shape index (κ2) is 8.12. The molecule has 0 aliphatic carbocycles. The first-order chi connectivity index (χ1) is 9.06. The van der Waals surface area contributed by atoms with Gasteiger partial charge in [0.1, 0.15) is 11.6 Å². The molecule has 0 fully saturated rings. The fraction of sp³-hybridized carbons (Fsp3) is 0.462. The summed E-state index contributed by atoms with van der Waals surface area (Å²) in [7, 11) is 0. The Morgan fingerprint density at radius 2 is 2.21 bits per heavy atom. The Kier molecular flexibility index (Phi) is 6.80. The zero-order chi connectivity index (χ0) is 14.3. The minimum atomic E-state index is -0.723. The summed E-state index contributed by atoms with van der Waals surface area (Å²) in [6.45, 7) is -0.0174. The van der Waals surface area contributed by atoms with Crippen molar-refractivity contribution in [2.24, 2.45) is 0 Å². The molecular weight excluding hydrogens is 272 g/mol. The van der Waals surface area contributed by atoms with Crippen LogP contribution in [0, 0.1) is 11.6 Å². The van der Waals surface area contributed by atoms with Crippen molar-refractivity contribution in [3.8, 4) is 0 Å². The van der Waals surface area contributed by atoms with Crippen LogP contribution in [-0.2, 0) is 11.2 Å². The molecule has 1 atom stereocenters. The molecule has 0 spiro atoms. The third-order valence-electron chi connectivity index (χ3n) is 2.58. The van der Waals surface area contributed by atoms with E-state index in [2.05, 4.69) is 5.32 Å². The Morgan fingerprint density at radius 3 is 2.79 bits per heavy atom. The van der Waals surface area contributed by atoms with E-state index in [1.54, 1.807) is 11.8 Å². The Morgan fingerprint density at radius 1 is 1.47 bits per heavy atom. The number of rotatable bonds is 7. The molecule has 1 amide bonds. The lowest BCUT2D eigenvalue weighted by molar-refractivity contribution is -0.121. The first-order valence-corrected chi connectivity index (χ1v) is 7.29. The van der Waals surface area contributed by atoms with Gasteiger partial charge in [0.15, 0.2) is 0 Å². The van der Waals surface area contributed by atoms with Gasteiger partial charge < -0.3 is 10.4 Å². The van der Waals surface area contributed by atoms with Crippen LogP contribution in [0.4, 0.5) is 8.78 Å². The standard InChI is InChI=1S/C13H17F2NO2S/c1-19-8-11(4-5-17)16-13(18)6-9-2-3-10(14)7-12(9)15/h2-3,7,11,17H,4-6,8H2,1H3,(H,16,18). The Bertz CT molecular complexity index is 423. The molecular formula is C13H17F2NO2S. The van der Waals surface area contributed by atoms with Crippen molar-refractivity contribution in [2.75, 3.05) is 18.6 Å². The van der Waals surface area contributed by atoms with Crippen molar-refractivity contribution in [3.63, 3.8) is 0 Å². The summed E-state index contributed by atoms with van der Waals surface area (Å²) in [6.07, 6.45) is 2.22. The number of aliphatic hydroxyl groups is 1. The number of benzene rings is 1. The van der Waals surface area contributed by atoms with Gasteiger partial charge in [-0.25, -0.2) is 8.78 Å². The number of hydrogen-bond donors (Lipinski definition) is 2. The van der Waals surface area contributed by atoms with Crippen molar-refractivity contribution in [1.82, 2.24) is 5.32 Å². The number of hydrogen-bond acceptors (Lipinski definition) is 3. The van der Waals surface area contributed by atoms with Gasteiger partial charge in [0, 0.05) is 24.5 Å². The zero-order valence-electron chi connectivity index (χ0n) is 10.7. The Labute approximate surface area is 115 Å². The van der Waals surface area contributed by atoms with E-state index in [4.69, 9.17) is 5.11 Å². The third kappa shape index (κ3) is 5.57. The topological polar surface area (TPSA) is 49.3 Å². The zero-order valence-corrected chi connectivity index (χ0v) is 11.5. The molecule has 1 rings (SSSR count). The van der Waals surface area contributed by atoms with E-state index in [-0.39, 0.29) is 30.5 Å².